The van der Waals surface area contributed by atoms with Crippen molar-refractivity contribution >= 4 is 23.1 Å². The zero-order chi connectivity index (χ0) is 17.8. The molecule has 0 spiro atoms. The number of nitrogens with zero attached hydrogens (tertiary/aromatic N) is 1. The number of halogens is 1. The van der Waals surface area contributed by atoms with Gasteiger partial charge in [0, 0.05) is 17.7 Å². The van der Waals surface area contributed by atoms with Gasteiger partial charge in [0.1, 0.15) is 22.1 Å². The maximum Gasteiger partial charge on any atom is 0.265 e. The van der Waals surface area contributed by atoms with Gasteiger partial charge in [0.15, 0.2) is 0 Å². The van der Waals surface area contributed by atoms with Gasteiger partial charge < -0.3 is 15.8 Å². The number of hydrogen-bond donors (Lipinski definition) is 2. The molecular formula is C18H16FN3O2S. The van der Waals surface area contributed by atoms with Crippen molar-refractivity contribution in [3.63, 3.8) is 0 Å². The molecular weight excluding hydrogens is 341 g/mol. The van der Waals surface area contributed by atoms with Crippen LogP contribution in [0.1, 0.15) is 15.2 Å². The lowest BCUT2D eigenvalue weighted by atomic mass is 10.1. The van der Waals surface area contributed by atoms with Crippen LogP contribution in [0.3, 0.4) is 0 Å². The van der Waals surface area contributed by atoms with Gasteiger partial charge in [-0.2, -0.15) is 4.37 Å². The van der Waals surface area contributed by atoms with Crippen LogP contribution >= 0.6 is 11.5 Å². The Bertz CT molecular complexity index is 894. The van der Waals surface area contributed by atoms with Gasteiger partial charge in [0.05, 0.1) is 12.8 Å². The van der Waals surface area contributed by atoms with Gasteiger partial charge in [-0.05, 0) is 41.9 Å². The molecule has 128 valence electrons. The normalized spacial score (nSPS) is 10.5. The van der Waals surface area contributed by atoms with Gasteiger partial charge in [-0.25, -0.2) is 4.39 Å². The Morgan fingerprint density at radius 3 is 2.64 bits per heavy atom. The molecule has 3 aromatic rings. The van der Waals surface area contributed by atoms with Crippen molar-refractivity contribution in [2.45, 2.75) is 6.54 Å². The fraction of sp³-hybridized carbons (Fsp3) is 0.111. The summed E-state index contributed by atoms with van der Waals surface area (Å²) in [5, 5.41) is 2.67. The van der Waals surface area contributed by atoms with Crippen LogP contribution in [0.25, 0.3) is 11.3 Å². The number of carbonyl (C=O) groups is 1. The minimum absolute atomic E-state index is 0.0840. The predicted molar refractivity (Wildman–Crippen MR) is 96.1 cm³/mol. The largest absolute Gasteiger partial charge is 0.497 e. The first kappa shape index (κ1) is 16.9. The number of hydrogen-bond acceptors (Lipinski definition) is 5. The number of amides is 1. The molecule has 0 saturated heterocycles. The summed E-state index contributed by atoms with van der Waals surface area (Å²) in [6.07, 6.45) is 0. The van der Waals surface area contributed by atoms with Crippen LogP contribution in [0.5, 0.6) is 5.75 Å². The predicted octanol–water partition coefficient (Wildman–Crippen LogP) is 3.47. The summed E-state index contributed by atoms with van der Waals surface area (Å²) in [6.45, 7) is 0.0840. The van der Waals surface area contributed by atoms with E-state index < -0.39 is 0 Å². The van der Waals surface area contributed by atoms with E-state index in [1.165, 1.54) is 6.07 Å². The van der Waals surface area contributed by atoms with E-state index in [-0.39, 0.29) is 18.3 Å². The second-order valence-electron chi connectivity index (χ2n) is 5.28. The summed E-state index contributed by atoms with van der Waals surface area (Å²) in [5.41, 5.74) is 8.14. The van der Waals surface area contributed by atoms with E-state index in [0.717, 1.165) is 22.8 Å². The van der Waals surface area contributed by atoms with E-state index in [2.05, 4.69) is 9.69 Å². The van der Waals surface area contributed by atoms with Crippen LogP contribution in [0.15, 0.2) is 48.5 Å². The van der Waals surface area contributed by atoms with Gasteiger partial charge in [-0.15, -0.1) is 0 Å². The number of nitrogen functional groups attached to an aromatic ring is 1. The lowest BCUT2D eigenvalue weighted by Gasteiger charge is -2.06. The molecule has 0 aliphatic rings. The first-order valence-corrected chi connectivity index (χ1v) is 8.28. The average Bonchev–Trinajstić information content (AvgIpc) is 3.02. The summed E-state index contributed by atoms with van der Waals surface area (Å²) in [7, 11) is 1.59. The molecule has 0 aliphatic carbocycles. The standard InChI is InChI=1S/C18H16FN3O2S/c1-24-13-8-6-11(7-9-13)16-15(20)17(25-22-16)18(23)21-10-12-4-2-3-5-14(12)19/h2-9H,10,20H2,1H3,(H,21,23). The molecule has 1 aromatic heterocycles. The van der Waals surface area contributed by atoms with E-state index >= 15 is 0 Å². The van der Waals surface area contributed by atoms with Crippen molar-refractivity contribution < 1.29 is 13.9 Å². The third kappa shape index (κ3) is 3.61. The van der Waals surface area contributed by atoms with E-state index in [1.807, 2.05) is 12.1 Å². The molecule has 0 fully saturated rings. The minimum Gasteiger partial charge on any atom is -0.497 e. The molecule has 5 nitrogen and oxygen atoms in total. The highest BCUT2D eigenvalue weighted by molar-refractivity contribution is 7.09. The topological polar surface area (TPSA) is 77.2 Å². The Kier molecular flexibility index (Phi) is 4.95. The molecule has 0 saturated carbocycles. The first-order valence-electron chi connectivity index (χ1n) is 7.51. The highest BCUT2D eigenvalue weighted by atomic mass is 32.1. The Labute approximate surface area is 148 Å². The summed E-state index contributed by atoms with van der Waals surface area (Å²) in [6, 6.07) is 13.5. The number of methoxy groups -OCH3 is 1. The SMILES string of the molecule is COc1ccc(-c2nsc(C(=O)NCc3ccccc3F)c2N)cc1. The highest BCUT2D eigenvalue weighted by Gasteiger charge is 2.18. The molecule has 0 atom stereocenters. The third-order valence-electron chi connectivity index (χ3n) is 3.69. The molecule has 1 heterocycles. The lowest BCUT2D eigenvalue weighted by molar-refractivity contribution is 0.0955. The van der Waals surface area contributed by atoms with Crippen LogP contribution in [0.2, 0.25) is 0 Å². The molecule has 2 aromatic carbocycles. The van der Waals surface area contributed by atoms with Gasteiger partial charge in [-0.3, -0.25) is 4.79 Å². The molecule has 0 bridgehead atoms. The zero-order valence-corrected chi connectivity index (χ0v) is 14.3. The minimum atomic E-state index is -0.377. The molecule has 0 aliphatic heterocycles. The van der Waals surface area contributed by atoms with E-state index in [0.29, 0.717) is 21.8 Å². The van der Waals surface area contributed by atoms with Crippen LogP contribution < -0.4 is 15.8 Å². The van der Waals surface area contributed by atoms with Crippen molar-refractivity contribution in [1.29, 1.82) is 0 Å². The Morgan fingerprint density at radius 2 is 1.96 bits per heavy atom. The maximum atomic E-state index is 13.6. The number of nitrogens with one attached hydrogen (secondary N) is 1. The number of rotatable bonds is 5. The lowest BCUT2D eigenvalue weighted by Crippen LogP contribution is -2.23. The zero-order valence-electron chi connectivity index (χ0n) is 13.5. The van der Waals surface area contributed by atoms with Gasteiger partial charge in [-0.1, -0.05) is 18.2 Å². The van der Waals surface area contributed by atoms with Crippen molar-refractivity contribution in [3.8, 4) is 17.0 Å². The molecule has 7 heteroatoms. The molecule has 3 N–H and O–H groups in total. The Balaban J connectivity index is 1.75. The second-order valence-corrected chi connectivity index (χ2v) is 6.05. The van der Waals surface area contributed by atoms with Crippen LogP contribution in [-0.4, -0.2) is 17.4 Å². The monoisotopic (exact) mass is 357 g/mol. The van der Waals surface area contributed by atoms with Gasteiger partial charge in [0.2, 0.25) is 0 Å². The van der Waals surface area contributed by atoms with Crippen LogP contribution in [0.4, 0.5) is 10.1 Å². The maximum absolute atomic E-state index is 13.6. The van der Waals surface area contributed by atoms with Crippen LogP contribution in [0, 0.1) is 5.82 Å². The first-order chi connectivity index (χ1) is 12.1. The van der Waals surface area contributed by atoms with Crippen LogP contribution in [-0.2, 0) is 6.54 Å². The molecule has 3 rings (SSSR count). The van der Waals surface area contributed by atoms with Crippen molar-refractivity contribution in [2.75, 3.05) is 12.8 Å². The number of aromatic nitrogens is 1. The summed E-state index contributed by atoms with van der Waals surface area (Å²) in [5.74, 6) is -0.0163. The van der Waals surface area contributed by atoms with Crippen molar-refractivity contribution in [1.82, 2.24) is 9.69 Å². The van der Waals surface area contributed by atoms with E-state index in [9.17, 15) is 9.18 Å². The molecule has 0 unspecified atom stereocenters. The summed E-state index contributed by atoms with van der Waals surface area (Å²) >= 11 is 1.02. The average molecular weight is 357 g/mol. The van der Waals surface area contributed by atoms with Gasteiger partial charge in [0.25, 0.3) is 5.91 Å². The number of ether oxygens (including phenoxy) is 1. The van der Waals surface area contributed by atoms with Crippen molar-refractivity contribution in [2.24, 2.45) is 0 Å². The van der Waals surface area contributed by atoms with Gasteiger partial charge >= 0.3 is 0 Å². The number of carbonyl (C=O) groups excluding carboxylic acids is 1. The van der Waals surface area contributed by atoms with E-state index in [1.54, 1.807) is 37.4 Å². The van der Waals surface area contributed by atoms with Crippen molar-refractivity contribution in [3.05, 3.63) is 64.8 Å². The third-order valence-corrected chi connectivity index (χ3v) is 4.56. The Morgan fingerprint density at radius 1 is 1.24 bits per heavy atom. The summed E-state index contributed by atoms with van der Waals surface area (Å²) < 4.78 is 23.0. The fourth-order valence-electron chi connectivity index (χ4n) is 2.32. The number of anilines is 1. The molecule has 1 amide bonds. The summed E-state index contributed by atoms with van der Waals surface area (Å²) in [4.78, 5) is 12.6. The Hall–Kier alpha value is -2.93. The number of nitrogens with two attached hydrogens (primary N) is 1. The number of benzene rings is 2. The smallest absolute Gasteiger partial charge is 0.265 e. The fourth-order valence-corrected chi connectivity index (χ4v) is 3.05. The second kappa shape index (κ2) is 7.31. The molecule has 25 heavy (non-hydrogen) atoms. The molecule has 0 radical (unpaired) electrons. The van der Waals surface area contributed by atoms with E-state index in [4.69, 9.17) is 10.5 Å². The highest BCUT2D eigenvalue weighted by Crippen LogP contribution is 2.31. The quantitative estimate of drug-likeness (QED) is 0.733.